The van der Waals surface area contributed by atoms with E-state index in [2.05, 4.69) is 18.7 Å². The first-order valence-corrected chi connectivity index (χ1v) is 7.34. The maximum absolute atomic E-state index is 12.5. The third-order valence-electron chi connectivity index (χ3n) is 4.18. The lowest BCUT2D eigenvalue weighted by Gasteiger charge is -2.26. The summed E-state index contributed by atoms with van der Waals surface area (Å²) in [5.74, 6) is 1.26. The highest BCUT2D eigenvalue weighted by molar-refractivity contribution is 5.80. The lowest BCUT2D eigenvalue weighted by atomic mass is 10.1. The average Bonchev–Trinajstić information content (AvgIpc) is 2.95. The second-order valence-corrected chi connectivity index (χ2v) is 6.20. The third kappa shape index (κ3) is 3.04. The Morgan fingerprint density at radius 2 is 2.11 bits per heavy atom. The van der Waals surface area contributed by atoms with Gasteiger partial charge in [0.2, 0.25) is 5.91 Å². The SMILES string of the molecule is CC(C)CN1CCC(C(=O)N2CCCC2CN)C1. The molecule has 18 heavy (non-hydrogen) atoms. The second kappa shape index (κ2) is 6.02. The summed E-state index contributed by atoms with van der Waals surface area (Å²) >= 11 is 0. The van der Waals surface area contributed by atoms with Crippen LogP contribution < -0.4 is 5.73 Å². The zero-order valence-corrected chi connectivity index (χ0v) is 11.8. The molecule has 0 aromatic heterocycles. The van der Waals surface area contributed by atoms with Gasteiger partial charge in [-0.1, -0.05) is 13.8 Å². The van der Waals surface area contributed by atoms with Crippen molar-refractivity contribution in [3.05, 3.63) is 0 Å². The first-order valence-electron chi connectivity index (χ1n) is 7.34. The molecule has 0 aliphatic carbocycles. The molecule has 2 aliphatic heterocycles. The maximum atomic E-state index is 12.5. The molecule has 2 unspecified atom stereocenters. The van der Waals surface area contributed by atoms with Crippen molar-refractivity contribution < 1.29 is 4.79 Å². The fraction of sp³-hybridized carbons (Fsp3) is 0.929. The largest absolute Gasteiger partial charge is 0.338 e. The molecule has 2 fully saturated rings. The van der Waals surface area contributed by atoms with Crippen molar-refractivity contribution in [3.63, 3.8) is 0 Å². The highest BCUT2D eigenvalue weighted by atomic mass is 16.2. The number of amides is 1. The van der Waals surface area contributed by atoms with E-state index in [9.17, 15) is 4.79 Å². The van der Waals surface area contributed by atoms with Gasteiger partial charge < -0.3 is 15.5 Å². The number of carbonyl (C=O) groups excluding carboxylic acids is 1. The van der Waals surface area contributed by atoms with E-state index in [1.165, 1.54) is 0 Å². The van der Waals surface area contributed by atoms with Crippen molar-refractivity contribution in [1.82, 2.24) is 9.80 Å². The molecule has 2 rings (SSSR count). The van der Waals surface area contributed by atoms with E-state index in [0.29, 0.717) is 24.4 Å². The molecule has 104 valence electrons. The molecule has 0 spiro atoms. The van der Waals surface area contributed by atoms with Gasteiger partial charge in [0.1, 0.15) is 0 Å². The van der Waals surface area contributed by atoms with Crippen molar-refractivity contribution in [3.8, 4) is 0 Å². The minimum atomic E-state index is 0.218. The molecule has 1 amide bonds. The van der Waals surface area contributed by atoms with Crippen molar-refractivity contribution in [2.24, 2.45) is 17.6 Å². The average molecular weight is 253 g/mol. The van der Waals surface area contributed by atoms with E-state index >= 15 is 0 Å². The zero-order valence-electron chi connectivity index (χ0n) is 11.8. The van der Waals surface area contributed by atoms with Crippen LogP contribution in [0.1, 0.15) is 33.1 Å². The molecule has 2 N–H and O–H groups in total. The Morgan fingerprint density at radius 1 is 1.33 bits per heavy atom. The Bertz CT molecular complexity index is 293. The van der Waals surface area contributed by atoms with E-state index < -0.39 is 0 Å². The van der Waals surface area contributed by atoms with Gasteiger partial charge in [0.05, 0.1) is 5.92 Å². The summed E-state index contributed by atoms with van der Waals surface area (Å²) in [6.45, 7) is 9.15. The fourth-order valence-corrected chi connectivity index (χ4v) is 3.32. The van der Waals surface area contributed by atoms with Crippen molar-refractivity contribution >= 4 is 5.91 Å². The van der Waals surface area contributed by atoms with Gasteiger partial charge in [-0.25, -0.2) is 0 Å². The predicted molar refractivity (Wildman–Crippen MR) is 73.2 cm³/mol. The van der Waals surface area contributed by atoms with Crippen molar-refractivity contribution in [2.75, 3.05) is 32.7 Å². The van der Waals surface area contributed by atoms with Crippen LogP contribution in [-0.4, -0.2) is 54.5 Å². The fourth-order valence-electron chi connectivity index (χ4n) is 3.32. The molecule has 0 saturated carbocycles. The lowest BCUT2D eigenvalue weighted by molar-refractivity contribution is -0.135. The minimum absolute atomic E-state index is 0.218. The van der Waals surface area contributed by atoms with E-state index in [0.717, 1.165) is 45.4 Å². The molecule has 2 atom stereocenters. The van der Waals surface area contributed by atoms with Crippen LogP contribution in [0.5, 0.6) is 0 Å². The molecular weight excluding hydrogens is 226 g/mol. The van der Waals surface area contributed by atoms with Crippen LogP contribution in [0.3, 0.4) is 0 Å². The topological polar surface area (TPSA) is 49.6 Å². The summed E-state index contributed by atoms with van der Waals surface area (Å²) in [4.78, 5) is 17.0. The van der Waals surface area contributed by atoms with Gasteiger partial charge >= 0.3 is 0 Å². The van der Waals surface area contributed by atoms with Gasteiger partial charge in [0.15, 0.2) is 0 Å². The van der Waals surface area contributed by atoms with Gasteiger partial charge in [0, 0.05) is 32.2 Å². The normalized spacial score (nSPS) is 29.4. The Labute approximate surface area is 110 Å². The van der Waals surface area contributed by atoms with Crippen LogP contribution in [0.2, 0.25) is 0 Å². The quantitative estimate of drug-likeness (QED) is 0.810. The summed E-state index contributed by atoms with van der Waals surface area (Å²) in [7, 11) is 0. The molecule has 2 saturated heterocycles. The first kappa shape index (κ1) is 13.8. The van der Waals surface area contributed by atoms with Gasteiger partial charge in [-0.2, -0.15) is 0 Å². The van der Waals surface area contributed by atoms with Crippen molar-refractivity contribution in [2.45, 2.75) is 39.2 Å². The van der Waals surface area contributed by atoms with E-state index in [-0.39, 0.29) is 5.92 Å². The lowest BCUT2D eigenvalue weighted by Crippen LogP contribution is -2.43. The minimum Gasteiger partial charge on any atom is -0.338 e. The van der Waals surface area contributed by atoms with Crippen LogP contribution in [0.25, 0.3) is 0 Å². The Morgan fingerprint density at radius 3 is 2.78 bits per heavy atom. The maximum Gasteiger partial charge on any atom is 0.227 e. The summed E-state index contributed by atoms with van der Waals surface area (Å²) in [5, 5.41) is 0. The first-order chi connectivity index (χ1) is 8.61. The number of rotatable bonds is 4. The molecule has 4 heteroatoms. The predicted octanol–water partition coefficient (Wildman–Crippen LogP) is 0.914. The molecule has 0 bridgehead atoms. The Balaban J connectivity index is 1.87. The number of hydrogen-bond donors (Lipinski definition) is 1. The van der Waals surface area contributed by atoms with Crippen LogP contribution in [-0.2, 0) is 4.79 Å². The molecule has 0 radical (unpaired) electrons. The van der Waals surface area contributed by atoms with E-state index in [1.54, 1.807) is 0 Å². The van der Waals surface area contributed by atoms with Gasteiger partial charge in [0.25, 0.3) is 0 Å². The van der Waals surface area contributed by atoms with Gasteiger partial charge in [-0.3, -0.25) is 4.79 Å². The second-order valence-electron chi connectivity index (χ2n) is 6.20. The molecule has 2 aliphatic rings. The van der Waals surface area contributed by atoms with Crippen LogP contribution in [0, 0.1) is 11.8 Å². The summed E-state index contributed by atoms with van der Waals surface area (Å²) in [6, 6.07) is 0.302. The number of nitrogens with zero attached hydrogens (tertiary/aromatic N) is 2. The standard InChI is InChI=1S/C14H27N3O/c1-11(2)9-16-7-5-12(10-16)14(18)17-6-3-4-13(17)8-15/h11-13H,3-10,15H2,1-2H3. The summed E-state index contributed by atoms with van der Waals surface area (Å²) in [6.07, 6.45) is 3.24. The monoisotopic (exact) mass is 253 g/mol. The molecule has 2 heterocycles. The smallest absolute Gasteiger partial charge is 0.227 e. The highest BCUT2D eigenvalue weighted by Crippen LogP contribution is 2.24. The van der Waals surface area contributed by atoms with E-state index in [1.807, 2.05) is 4.90 Å². The van der Waals surface area contributed by atoms with Gasteiger partial charge in [-0.05, 0) is 31.7 Å². The van der Waals surface area contributed by atoms with Crippen LogP contribution in [0.15, 0.2) is 0 Å². The molecule has 0 aromatic rings. The van der Waals surface area contributed by atoms with E-state index in [4.69, 9.17) is 5.73 Å². The summed E-state index contributed by atoms with van der Waals surface area (Å²) in [5.41, 5.74) is 5.75. The Hall–Kier alpha value is -0.610. The van der Waals surface area contributed by atoms with Crippen molar-refractivity contribution in [1.29, 1.82) is 0 Å². The van der Waals surface area contributed by atoms with Crippen LogP contribution in [0.4, 0.5) is 0 Å². The Kier molecular flexibility index (Phi) is 4.62. The number of likely N-dealkylation sites (tertiary alicyclic amines) is 2. The number of hydrogen-bond acceptors (Lipinski definition) is 3. The van der Waals surface area contributed by atoms with Crippen LogP contribution >= 0.6 is 0 Å². The molecular formula is C14H27N3O. The number of carbonyl (C=O) groups is 1. The molecule has 0 aromatic carbocycles. The summed E-state index contributed by atoms with van der Waals surface area (Å²) < 4.78 is 0. The third-order valence-corrected chi connectivity index (χ3v) is 4.18. The zero-order chi connectivity index (χ0) is 13.1. The highest BCUT2D eigenvalue weighted by Gasteiger charge is 2.35. The van der Waals surface area contributed by atoms with Gasteiger partial charge in [-0.15, -0.1) is 0 Å². The number of nitrogens with two attached hydrogens (primary N) is 1. The molecule has 4 nitrogen and oxygen atoms in total.